The zero-order valence-corrected chi connectivity index (χ0v) is 7.90. The van der Waals surface area contributed by atoms with E-state index < -0.39 is 0 Å². The van der Waals surface area contributed by atoms with E-state index in [1.807, 2.05) is 6.07 Å². The van der Waals surface area contributed by atoms with Gasteiger partial charge in [-0.05, 0) is 30.9 Å². The minimum atomic E-state index is 0.0671. The first-order valence-corrected chi connectivity index (χ1v) is 4.98. The lowest BCUT2D eigenvalue weighted by atomic mass is 10.2. The maximum absolute atomic E-state index is 9.19. The van der Waals surface area contributed by atoms with Crippen LogP contribution in [0.25, 0.3) is 5.65 Å². The molecule has 3 nitrogen and oxygen atoms in total. The highest BCUT2D eigenvalue weighted by molar-refractivity contribution is 5.46. The van der Waals surface area contributed by atoms with Crippen LogP contribution >= 0.6 is 0 Å². The Hall–Kier alpha value is -1.35. The summed E-state index contributed by atoms with van der Waals surface area (Å²) in [6, 6.07) is 4.19. The summed E-state index contributed by atoms with van der Waals surface area (Å²) in [5, 5.41) is 9.19. The van der Waals surface area contributed by atoms with Crippen LogP contribution in [0.2, 0.25) is 0 Å². The SMILES string of the molecule is OCc1cnc2ccc3c(n12)CCC3. The number of aliphatic hydroxyl groups is 1. The van der Waals surface area contributed by atoms with Crippen molar-refractivity contribution in [3.63, 3.8) is 0 Å². The van der Waals surface area contributed by atoms with E-state index in [9.17, 15) is 5.11 Å². The zero-order valence-electron chi connectivity index (χ0n) is 7.90. The number of aromatic nitrogens is 2. The van der Waals surface area contributed by atoms with Crippen molar-refractivity contribution in [3.8, 4) is 0 Å². The van der Waals surface area contributed by atoms with Gasteiger partial charge in [-0.3, -0.25) is 4.40 Å². The third-order valence-electron chi connectivity index (χ3n) is 2.96. The van der Waals surface area contributed by atoms with E-state index in [0.29, 0.717) is 0 Å². The predicted molar refractivity (Wildman–Crippen MR) is 53.1 cm³/mol. The van der Waals surface area contributed by atoms with Crippen molar-refractivity contribution in [2.45, 2.75) is 25.9 Å². The normalized spacial score (nSPS) is 14.9. The Morgan fingerprint density at radius 3 is 3.14 bits per heavy atom. The molecule has 1 N–H and O–H groups in total. The summed E-state index contributed by atoms with van der Waals surface area (Å²) in [4.78, 5) is 4.27. The van der Waals surface area contributed by atoms with Crippen molar-refractivity contribution in [1.29, 1.82) is 0 Å². The first-order valence-electron chi connectivity index (χ1n) is 4.98. The van der Waals surface area contributed by atoms with Gasteiger partial charge in [0.2, 0.25) is 0 Å². The second-order valence-corrected chi connectivity index (χ2v) is 3.76. The van der Waals surface area contributed by atoms with Gasteiger partial charge in [0, 0.05) is 5.69 Å². The van der Waals surface area contributed by atoms with Crippen LogP contribution in [-0.2, 0) is 19.4 Å². The minimum Gasteiger partial charge on any atom is -0.390 e. The van der Waals surface area contributed by atoms with Gasteiger partial charge >= 0.3 is 0 Å². The Labute approximate surface area is 82.0 Å². The fourth-order valence-electron chi connectivity index (χ4n) is 2.31. The van der Waals surface area contributed by atoms with Crippen LogP contribution in [0.5, 0.6) is 0 Å². The predicted octanol–water partition coefficient (Wildman–Crippen LogP) is 1.32. The molecule has 0 fully saturated rings. The summed E-state index contributed by atoms with van der Waals surface area (Å²) in [6.45, 7) is 0.0671. The standard InChI is InChI=1S/C11H12N2O/c14-7-9-6-12-11-5-4-8-2-1-3-10(8)13(9)11/h4-6,14H,1-3,7H2. The largest absolute Gasteiger partial charge is 0.390 e. The topological polar surface area (TPSA) is 37.5 Å². The lowest BCUT2D eigenvalue weighted by Crippen LogP contribution is -2.00. The van der Waals surface area contributed by atoms with Gasteiger partial charge in [-0.25, -0.2) is 4.98 Å². The Morgan fingerprint density at radius 1 is 1.36 bits per heavy atom. The van der Waals surface area contributed by atoms with Crippen molar-refractivity contribution in [3.05, 3.63) is 35.3 Å². The molecular weight excluding hydrogens is 176 g/mol. The van der Waals surface area contributed by atoms with Crippen molar-refractivity contribution in [2.75, 3.05) is 0 Å². The third kappa shape index (κ3) is 0.930. The highest BCUT2D eigenvalue weighted by Crippen LogP contribution is 2.24. The highest BCUT2D eigenvalue weighted by Gasteiger charge is 2.15. The molecule has 2 heterocycles. The van der Waals surface area contributed by atoms with Crippen LogP contribution in [0, 0.1) is 0 Å². The Bertz CT molecular complexity index is 487. The Morgan fingerprint density at radius 2 is 2.29 bits per heavy atom. The molecule has 0 amide bonds. The molecular formula is C11H12N2O. The number of hydrogen-bond acceptors (Lipinski definition) is 2. The number of imidazole rings is 1. The van der Waals surface area contributed by atoms with Crippen molar-refractivity contribution in [1.82, 2.24) is 9.38 Å². The number of fused-ring (bicyclic) bond motifs is 3. The molecule has 0 aliphatic heterocycles. The van der Waals surface area contributed by atoms with E-state index in [-0.39, 0.29) is 6.61 Å². The molecule has 14 heavy (non-hydrogen) atoms. The van der Waals surface area contributed by atoms with Crippen molar-refractivity contribution in [2.24, 2.45) is 0 Å². The van der Waals surface area contributed by atoms with Crippen LogP contribution < -0.4 is 0 Å². The Kier molecular flexibility index (Phi) is 1.61. The number of aliphatic hydroxyl groups excluding tert-OH is 1. The van der Waals surface area contributed by atoms with Gasteiger partial charge in [-0.1, -0.05) is 6.07 Å². The van der Waals surface area contributed by atoms with Crippen LogP contribution in [0.3, 0.4) is 0 Å². The van der Waals surface area contributed by atoms with E-state index in [1.54, 1.807) is 6.20 Å². The van der Waals surface area contributed by atoms with E-state index in [1.165, 1.54) is 17.7 Å². The van der Waals surface area contributed by atoms with Crippen molar-refractivity contribution < 1.29 is 5.11 Å². The summed E-state index contributed by atoms with van der Waals surface area (Å²) in [7, 11) is 0. The molecule has 0 saturated heterocycles. The van der Waals surface area contributed by atoms with Gasteiger partial charge < -0.3 is 5.11 Å². The highest BCUT2D eigenvalue weighted by atomic mass is 16.3. The third-order valence-corrected chi connectivity index (χ3v) is 2.96. The molecule has 0 unspecified atom stereocenters. The van der Waals surface area contributed by atoms with E-state index in [4.69, 9.17) is 0 Å². The fraction of sp³-hybridized carbons (Fsp3) is 0.364. The van der Waals surface area contributed by atoms with E-state index >= 15 is 0 Å². The van der Waals surface area contributed by atoms with E-state index in [2.05, 4.69) is 15.5 Å². The van der Waals surface area contributed by atoms with Gasteiger partial charge in [0.25, 0.3) is 0 Å². The van der Waals surface area contributed by atoms with Gasteiger partial charge in [0.1, 0.15) is 5.65 Å². The van der Waals surface area contributed by atoms with Crippen LogP contribution in [0.4, 0.5) is 0 Å². The molecule has 0 saturated carbocycles. The molecule has 1 aliphatic carbocycles. The molecule has 0 bridgehead atoms. The van der Waals surface area contributed by atoms with Gasteiger partial charge in [0.15, 0.2) is 0 Å². The molecule has 0 aromatic carbocycles. The summed E-state index contributed by atoms with van der Waals surface area (Å²) in [5.74, 6) is 0. The summed E-state index contributed by atoms with van der Waals surface area (Å²) >= 11 is 0. The second kappa shape index (κ2) is 2.82. The minimum absolute atomic E-state index is 0.0671. The quantitative estimate of drug-likeness (QED) is 0.732. The number of rotatable bonds is 1. The van der Waals surface area contributed by atoms with E-state index in [0.717, 1.165) is 24.2 Å². The summed E-state index contributed by atoms with van der Waals surface area (Å²) in [5.41, 5.74) is 4.60. The summed E-state index contributed by atoms with van der Waals surface area (Å²) in [6.07, 6.45) is 5.25. The molecule has 0 atom stereocenters. The number of hydrogen-bond donors (Lipinski definition) is 1. The van der Waals surface area contributed by atoms with Crippen LogP contribution in [0.1, 0.15) is 23.4 Å². The van der Waals surface area contributed by atoms with Crippen molar-refractivity contribution >= 4 is 5.65 Å². The zero-order chi connectivity index (χ0) is 9.54. The lowest BCUT2D eigenvalue weighted by Gasteiger charge is -2.05. The molecule has 3 rings (SSSR count). The maximum Gasteiger partial charge on any atom is 0.137 e. The molecule has 1 aliphatic rings. The molecule has 0 radical (unpaired) electrons. The average Bonchev–Trinajstić information content (AvgIpc) is 2.82. The number of aryl methyl sites for hydroxylation is 2. The van der Waals surface area contributed by atoms with Crippen LogP contribution in [-0.4, -0.2) is 14.5 Å². The summed E-state index contributed by atoms with van der Waals surface area (Å²) < 4.78 is 2.10. The molecule has 3 heteroatoms. The molecule has 2 aromatic heterocycles. The number of nitrogens with zero attached hydrogens (tertiary/aromatic N) is 2. The monoisotopic (exact) mass is 188 g/mol. The Balaban J connectivity index is 2.39. The number of pyridine rings is 1. The van der Waals surface area contributed by atoms with Gasteiger partial charge in [-0.2, -0.15) is 0 Å². The second-order valence-electron chi connectivity index (χ2n) is 3.76. The van der Waals surface area contributed by atoms with Gasteiger partial charge in [0.05, 0.1) is 18.5 Å². The molecule has 72 valence electrons. The fourth-order valence-corrected chi connectivity index (χ4v) is 2.31. The smallest absolute Gasteiger partial charge is 0.137 e. The first-order chi connectivity index (χ1) is 6.90. The first kappa shape index (κ1) is 8.00. The van der Waals surface area contributed by atoms with Gasteiger partial charge in [-0.15, -0.1) is 0 Å². The maximum atomic E-state index is 9.19. The van der Waals surface area contributed by atoms with Crippen LogP contribution in [0.15, 0.2) is 18.3 Å². The molecule has 2 aromatic rings. The average molecular weight is 188 g/mol. The lowest BCUT2D eigenvalue weighted by molar-refractivity contribution is 0.275. The molecule has 0 spiro atoms.